The van der Waals surface area contributed by atoms with Crippen molar-refractivity contribution in [2.45, 2.75) is 17.4 Å². The van der Waals surface area contributed by atoms with Gasteiger partial charge in [0.25, 0.3) is 5.91 Å². The Morgan fingerprint density at radius 3 is 2.62 bits per heavy atom. The largest absolute Gasteiger partial charge is 0.391 e. The van der Waals surface area contributed by atoms with Crippen LogP contribution in [0.2, 0.25) is 0 Å². The maximum absolute atomic E-state index is 12.0. The van der Waals surface area contributed by atoms with Crippen molar-refractivity contribution in [3.8, 4) is 0 Å². The number of benzene rings is 1. The molecule has 1 N–H and O–H groups in total. The second-order valence-corrected chi connectivity index (χ2v) is 4.80. The topological polar surface area (TPSA) is 40.5 Å². The summed E-state index contributed by atoms with van der Waals surface area (Å²) in [6, 6.07) is 7.59. The van der Waals surface area contributed by atoms with E-state index in [2.05, 4.69) is 0 Å². The van der Waals surface area contributed by atoms with Gasteiger partial charge in [-0.15, -0.1) is 11.8 Å². The van der Waals surface area contributed by atoms with Crippen LogP contribution in [0.1, 0.15) is 16.8 Å². The van der Waals surface area contributed by atoms with E-state index in [4.69, 9.17) is 0 Å². The molecule has 1 unspecified atom stereocenters. The molecule has 1 aliphatic rings. The summed E-state index contributed by atoms with van der Waals surface area (Å²) in [5, 5.41) is 9.38. The first kappa shape index (κ1) is 11.5. The summed E-state index contributed by atoms with van der Waals surface area (Å²) in [6.45, 7) is 1.12. The highest BCUT2D eigenvalue weighted by atomic mass is 32.2. The minimum atomic E-state index is -0.352. The van der Waals surface area contributed by atoms with Crippen molar-refractivity contribution in [3.05, 3.63) is 29.8 Å². The van der Waals surface area contributed by atoms with E-state index in [0.717, 1.165) is 4.90 Å². The summed E-state index contributed by atoms with van der Waals surface area (Å²) in [4.78, 5) is 14.9. The fraction of sp³-hybridized carbons (Fsp3) is 0.417. The number of thioether (sulfide) groups is 1. The minimum Gasteiger partial charge on any atom is -0.391 e. The zero-order valence-corrected chi connectivity index (χ0v) is 10.0. The molecule has 16 heavy (non-hydrogen) atoms. The lowest BCUT2D eigenvalue weighted by Crippen LogP contribution is -2.29. The quantitative estimate of drug-likeness (QED) is 0.795. The molecule has 1 atom stereocenters. The summed E-state index contributed by atoms with van der Waals surface area (Å²) in [5.41, 5.74) is 0.701. The van der Waals surface area contributed by atoms with Gasteiger partial charge in [-0.2, -0.15) is 0 Å². The molecule has 1 aromatic rings. The van der Waals surface area contributed by atoms with Gasteiger partial charge < -0.3 is 10.0 Å². The van der Waals surface area contributed by atoms with Gasteiger partial charge >= 0.3 is 0 Å². The first-order valence-corrected chi connectivity index (χ1v) is 6.54. The number of aliphatic hydroxyl groups excluding tert-OH is 1. The smallest absolute Gasteiger partial charge is 0.253 e. The standard InChI is InChI=1S/C12H15NO2S/c1-16-11-4-2-9(3-5-11)12(15)13-7-6-10(14)8-13/h2-5,10,14H,6-8H2,1H3. The van der Waals surface area contributed by atoms with Crippen LogP contribution in [0.5, 0.6) is 0 Å². The van der Waals surface area contributed by atoms with Crippen LogP contribution in [0.25, 0.3) is 0 Å². The van der Waals surface area contributed by atoms with Gasteiger partial charge in [0.05, 0.1) is 6.10 Å². The highest BCUT2D eigenvalue weighted by molar-refractivity contribution is 7.98. The Morgan fingerprint density at radius 1 is 1.44 bits per heavy atom. The number of carbonyl (C=O) groups excluding carboxylic acids is 1. The third kappa shape index (κ3) is 2.39. The lowest BCUT2D eigenvalue weighted by molar-refractivity contribution is 0.0765. The monoisotopic (exact) mass is 237 g/mol. The van der Waals surface area contributed by atoms with Crippen LogP contribution >= 0.6 is 11.8 Å². The summed E-state index contributed by atoms with van der Waals surface area (Å²) < 4.78 is 0. The second kappa shape index (κ2) is 4.89. The van der Waals surface area contributed by atoms with Gasteiger partial charge in [0.1, 0.15) is 0 Å². The van der Waals surface area contributed by atoms with Crippen LogP contribution in [0.4, 0.5) is 0 Å². The van der Waals surface area contributed by atoms with Gasteiger partial charge in [0.15, 0.2) is 0 Å². The van der Waals surface area contributed by atoms with Gasteiger partial charge in [-0.1, -0.05) is 0 Å². The molecule has 0 radical (unpaired) electrons. The van der Waals surface area contributed by atoms with E-state index >= 15 is 0 Å². The number of amides is 1. The molecule has 1 aliphatic heterocycles. The molecule has 1 fully saturated rings. The van der Waals surface area contributed by atoms with Crippen molar-refractivity contribution in [1.29, 1.82) is 0 Å². The molecule has 2 rings (SSSR count). The number of likely N-dealkylation sites (tertiary alicyclic amines) is 1. The zero-order valence-electron chi connectivity index (χ0n) is 9.22. The summed E-state index contributed by atoms with van der Waals surface area (Å²) in [7, 11) is 0. The number of carbonyl (C=O) groups is 1. The fourth-order valence-electron chi connectivity index (χ4n) is 1.84. The lowest BCUT2D eigenvalue weighted by atomic mass is 10.2. The van der Waals surface area contributed by atoms with E-state index in [1.54, 1.807) is 16.7 Å². The Hall–Kier alpha value is -1.00. The molecule has 0 aliphatic carbocycles. The first-order chi connectivity index (χ1) is 7.70. The van der Waals surface area contributed by atoms with Crippen LogP contribution in [0, 0.1) is 0 Å². The molecule has 86 valence electrons. The normalized spacial score (nSPS) is 20.1. The molecule has 1 heterocycles. The van der Waals surface area contributed by atoms with Gasteiger partial charge in [0, 0.05) is 23.5 Å². The van der Waals surface area contributed by atoms with Crippen molar-refractivity contribution < 1.29 is 9.90 Å². The summed E-state index contributed by atoms with van der Waals surface area (Å²) >= 11 is 1.66. The van der Waals surface area contributed by atoms with E-state index in [1.807, 2.05) is 30.5 Å². The average molecular weight is 237 g/mol. The van der Waals surface area contributed by atoms with Crippen LogP contribution in [0.3, 0.4) is 0 Å². The number of β-amino-alcohol motifs (C(OH)–C–C–N with tert-alkyl or cyclic N) is 1. The molecular formula is C12H15NO2S. The second-order valence-electron chi connectivity index (χ2n) is 3.92. The van der Waals surface area contributed by atoms with Crippen LogP contribution < -0.4 is 0 Å². The van der Waals surface area contributed by atoms with Crippen molar-refractivity contribution in [3.63, 3.8) is 0 Å². The number of nitrogens with zero attached hydrogens (tertiary/aromatic N) is 1. The van der Waals surface area contributed by atoms with E-state index in [-0.39, 0.29) is 12.0 Å². The van der Waals surface area contributed by atoms with Crippen molar-refractivity contribution in [2.75, 3.05) is 19.3 Å². The number of aliphatic hydroxyl groups is 1. The SMILES string of the molecule is CSc1ccc(C(=O)N2CCC(O)C2)cc1. The van der Waals surface area contributed by atoms with Crippen molar-refractivity contribution >= 4 is 17.7 Å². The number of hydrogen-bond acceptors (Lipinski definition) is 3. The molecule has 3 nitrogen and oxygen atoms in total. The molecule has 0 aromatic heterocycles. The van der Waals surface area contributed by atoms with Crippen molar-refractivity contribution in [2.24, 2.45) is 0 Å². The predicted octanol–water partition coefficient (Wildman–Crippen LogP) is 1.62. The van der Waals surface area contributed by atoms with E-state index in [0.29, 0.717) is 25.1 Å². The predicted molar refractivity (Wildman–Crippen MR) is 64.8 cm³/mol. The Kier molecular flexibility index (Phi) is 3.51. The maximum Gasteiger partial charge on any atom is 0.253 e. The third-order valence-electron chi connectivity index (χ3n) is 2.79. The minimum absolute atomic E-state index is 0.0178. The van der Waals surface area contributed by atoms with E-state index in [9.17, 15) is 9.90 Å². The Morgan fingerprint density at radius 2 is 2.12 bits per heavy atom. The number of rotatable bonds is 2. The van der Waals surface area contributed by atoms with Crippen molar-refractivity contribution in [1.82, 2.24) is 4.90 Å². The Labute approximate surface area is 99.5 Å². The lowest BCUT2D eigenvalue weighted by Gasteiger charge is -2.15. The van der Waals surface area contributed by atoms with E-state index in [1.165, 1.54) is 0 Å². The fourth-order valence-corrected chi connectivity index (χ4v) is 2.25. The van der Waals surface area contributed by atoms with Gasteiger partial charge in [-0.05, 0) is 36.9 Å². The molecule has 1 amide bonds. The van der Waals surface area contributed by atoms with Crippen LogP contribution in [0.15, 0.2) is 29.2 Å². The number of hydrogen-bond donors (Lipinski definition) is 1. The summed E-state index contributed by atoms with van der Waals surface area (Å²) in [5.74, 6) is 0.0178. The maximum atomic E-state index is 12.0. The molecule has 4 heteroatoms. The highest BCUT2D eigenvalue weighted by Crippen LogP contribution is 2.17. The van der Waals surface area contributed by atoms with Gasteiger partial charge in [0.2, 0.25) is 0 Å². The molecule has 0 saturated carbocycles. The Bertz CT molecular complexity index is 377. The molecule has 1 aromatic carbocycles. The molecule has 0 bridgehead atoms. The first-order valence-electron chi connectivity index (χ1n) is 5.32. The van der Waals surface area contributed by atoms with E-state index < -0.39 is 0 Å². The van der Waals surface area contributed by atoms with Gasteiger partial charge in [-0.25, -0.2) is 0 Å². The zero-order chi connectivity index (χ0) is 11.5. The van der Waals surface area contributed by atoms with Crippen LogP contribution in [-0.2, 0) is 0 Å². The highest BCUT2D eigenvalue weighted by Gasteiger charge is 2.25. The Balaban J connectivity index is 2.08. The molecule has 0 spiro atoms. The summed E-state index contributed by atoms with van der Waals surface area (Å²) in [6.07, 6.45) is 2.34. The van der Waals surface area contributed by atoms with Crippen LogP contribution in [-0.4, -0.2) is 41.4 Å². The molecule has 1 saturated heterocycles. The average Bonchev–Trinajstić information content (AvgIpc) is 2.75. The van der Waals surface area contributed by atoms with Gasteiger partial charge in [-0.3, -0.25) is 4.79 Å². The third-order valence-corrected chi connectivity index (χ3v) is 3.53. The molecular weight excluding hydrogens is 222 g/mol.